The Morgan fingerprint density at radius 3 is 2.95 bits per heavy atom. The number of anilines is 1. The van der Waals surface area contributed by atoms with Gasteiger partial charge in [-0.25, -0.2) is 0 Å². The van der Waals surface area contributed by atoms with E-state index >= 15 is 0 Å². The van der Waals surface area contributed by atoms with E-state index in [4.69, 9.17) is 0 Å². The number of carbonyl (C=O) groups is 1. The van der Waals surface area contributed by atoms with E-state index in [2.05, 4.69) is 33.0 Å². The van der Waals surface area contributed by atoms with E-state index in [1.54, 1.807) is 0 Å². The zero-order valence-electron chi connectivity index (χ0n) is 11.4. The third-order valence-corrected chi connectivity index (χ3v) is 3.66. The molecule has 1 aromatic heterocycles. The largest absolute Gasteiger partial charge is 0.308 e. The van der Waals surface area contributed by atoms with Crippen LogP contribution >= 0.6 is 0 Å². The Hall–Kier alpha value is -2.14. The van der Waals surface area contributed by atoms with Crippen molar-refractivity contribution in [3.63, 3.8) is 0 Å². The molecule has 1 aromatic carbocycles. The molecular formula is C15H18N4O. The number of rotatable bonds is 3. The number of hydrogen-bond acceptors (Lipinski definition) is 3. The summed E-state index contributed by atoms with van der Waals surface area (Å²) in [6.45, 7) is 2.77. The molecule has 1 aliphatic heterocycles. The maximum atomic E-state index is 12.2. The molecule has 0 fully saturated rings. The average Bonchev–Trinajstić information content (AvgIpc) is 2.94. The molecule has 2 aromatic rings. The van der Waals surface area contributed by atoms with E-state index in [9.17, 15) is 4.79 Å². The van der Waals surface area contributed by atoms with Crippen LogP contribution in [0, 0.1) is 0 Å². The Balaban J connectivity index is 1.67. The van der Waals surface area contributed by atoms with E-state index in [0.29, 0.717) is 12.2 Å². The second kappa shape index (κ2) is 5.46. The third-order valence-electron chi connectivity index (χ3n) is 3.66. The summed E-state index contributed by atoms with van der Waals surface area (Å²) in [7, 11) is 0. The van der Waals surface area contributed by atoms with E-state index in [1.807, 2.05) is 25.1 Å². The van der Waals surface area contributed by atoms with Gasteiger partial charge >= 0.3 is 0 Å². The highest BCUT2D eigenvalue weighted by molar-refractivity contribution is 5.94. The topological polar surface area (TPSA) is 69.8 Å². The fourth-order valence-electron chi connectivity index (χ4n) is 2.46. The number of aromatic nitrogens is 2. The summed E-state index contributed by atoms with van der Waals surface area (Å²) in [5, 5.41) is 13.1. The molecule has 0 aliphatic carbocycles. The predicted molar refractivity (Wildman–Crippen MR) is 77.4 cm³/mol. The van der Waals surface area contributed by atoms with Gasteiger partial charge in [-0.05, 0) is 24.0 Å². The van der Waals surface area contributed by atoms with Gasteiger partial charge in [0.2, 0.25) is 5.91 Å². The molecule has 1 amide bonds. The number of amides is 1. The first kappa shape index (κ1) is 12.9. The first-order valence-electron chi connectivity index (χ1n) is 6.91. The van der Waals surface area contributed by atoms with Gasteiger partial charge in [0.05, 0.1) is 6.04 Å². The van der Waals surface area contributed by atoms with Crippen LogP contribution in [-0.2, 0) is 24.2 Å². The highest BCUT2D eigenvalue weighted by atomic mass is 16.2. The second-order valence-corrected chi connectivity index (χ2v) is 5.03. The first-order valence-corrected chi connectivity index (χ1v) is 6.91. The number of nitrogens with one attached hydrogen (secondary N) is 3. The standard InChI is InChI=1S/C15H18N4O/c1-2-12-8-14(19-18-12)17-15(20)13-7-10-5-3-4-6-11(10)9-16-13/h3-6,8,13,16H,2,7,9H2,1H3,(H2,17,18,19,20). The number of aromatic amines is 1. The van der Waals surface area contributed by atoms with Gasteiger partial charge in [-0.15, -0.1) is 0 Å². The summed E-state index contributed by atoms with van der Waals surface area (Å²) >= 11 is 0. The van der Waals surface area contributed by atoms with E-state index in [0.717, 1.165) is 18.7 Å². The van der Waals surface area contributed by atoms with Crippen LogP contribution in [0.15, 0.2) is 30.3 Å². The van der Waals surface area contributed by atoms with Gasteiger partial charge in [0.1, 0.15) is 0 Å². The molecule has 1 atom stereocenters. The Morgan fingerprint density at radius 1 is 1.40 bits per heavy atom. The van der Waals surface area contributed by atoms with Crippen molar-refractivity contribution in [3.05, 3.63) is 47.2 Å². The minimum Gasteiger partial charge on any atom is -0.308 e. The van der Waals surface area contributed by atoms with Gasteiger partial charge in [-0.1, -0.05) is 31.2 Å². The number of carbonyl (C=O) groups excluding carboxylic acids is 1. The summed E-state index contributed by atoms with van der Waals surface area (Å²) < 4.78 is 0. The molecule has 2 heterocycles. The quantitative estimate of drug-likeness (QED) is 0.794. The van der Waals surface area contributed by atoms with Gasteiger partial charge in [-0.2, -0.15) is 5.10 Å². The van der Waals surface area contributed by atoms with E-state index in [1.165, 1.54) is 11.1 Å². The maximum Gasteiger partial charge on any atom is 0.243 e. The average molecular weight is 270 g/mol. The fraction of sp³-hybridized carbons (Fsp3) is 0.333. The summed E-state index contributed by atoms with van der Waals surface area (Å²) in [4.78, 5) is 12.2. The Labute approximate surface area is 117 Å². The highest BCUT2D eigenvalue weighted by Gasteiger charge is 2.24. The normalized spacial score (nSPS) is 17.6. The van der Waals surface area contributed by atoms with Gasteiger partial charge in [0, 0.05) is 18.3 Å². The maximum absolute atomic E-state index is 12.2. The molecular weight excluding hydrogens is 252 g/mol. The number of fused-ring (bicyclic) bond motifs is 1. The van der Waals surface area contributed by atoms with Crippen LogP contribution < -0.4 is 10.6 Å². The lowest BCUT2D eigenvalue weighted by Gasteiger charge is -2.24. The van der Waals surface area contributed by atoms with Crippen LogP contribution in [-0.4, -0.2) is 22.1 Å². The highest BCUT2D eigenvalue weighted by Crippen LogP contribution is 2.17. The number of benzene rings is 1. The minimum absolute atomic E-state index is 0.0337. The number of hydrogen-bond donors (Lipinski definition) is 3. The number of H-pyrrole nitrogens is 1. The van der Waals surface area contributed by atoms with Crippen molar-refractivity contribution in [2.75, 3.05) is 5.32 Å². The van der Waals surface area contributed by atoms with Crippen molar-refractivity contribution in [2.24, 2.45) is 0 Å². The molecule has 0 bridgehead atoms. The smallest absolute Gasteiger partial charge is 0.243 e. The van der Waals surface area contributed by atoms with Crippen molar-refractivity contribution < 1.29 is 4.79 Å². The lowest BCUT2D eigenvalue weighted by Crippen LogP contribution is -2.44. The number of aryl methyl sites for hydroxylation is 1. The first-order chi connectivity index (χ1) is 9.76. The predicted octanol–water partition coefficient (Wildman–Crippen LogP) is 1.63. The monoisotopic (exact) mass is 270 g/mol. The van der Waals surface area contributed by atoms with Crippen LogP contribution in [0.5, 0.6) is 0 Å². The SMILES string of the molecule is CCc1cc(NC(=O)C2Cc3ccccc3CN2)n[nH]1. The summed E-state index contributed by atoms with van der Waals surface area (Å²) in [6, 6.07) is 9.88. The molecule has 0 spiro atoms. The molecule has 3 N–H and O–H groups in total. The van der Waals surface area contributed by atoms with Crippen LogP contribution in [0.1, 0.15) is 23.7 Å². The van der Waals surface area contributed by atoms with Crippen LogP contribution in [0.3, 0.4) is 0 Å². The lowest BCUT2D eigenvalue weighted by molar-refractivity contribution is -0.118. The van der Waals surface area contributed by atoms with Crippen molar-refractivity contribution >= 4 is 11.7 Å². The molecule has 20 heavy (non-hydrogen) atoms. The molecule has 0 saturated heterocycles. The van der Waals surface area contributed by atoms with Crippen LogP contribution in [0.4, 0.5) is 5.82 Å². The molecule has 5 nitrogen and oxygen atoms in total. The van der Waals surface area contributed by atoms with Gasteiger partial charge < -0.3 is 10.6 Å². The van der Waals surface area contributed by atoms with Gasteiger partial charge in [-0.3, -0.25) is 9.89 Å². The Bertz CT molecular complexity index is 620. The zero-order valence-corrected chi connectivity index (χ0v) is 11.4. The Morgan fingerprint density at radius 2 is 2.20 bits per heavy atom. The molecule has 5 heteroatoms. The molecule has 0 saturated carbocycles. The number of nitrogens with zero attached hydrogens (tertiary/aromatic N) is 1. The minimum atomic E-state index is -0.202. The van der Waals surface area contributed by atoms with Crippen molar-refractivity contribution in [1.29, 1.82) is 0 Å². The summed E-state index contributed by atoms with van der Waals surface area (Å²) in [5.41, 5.74) is 3.52. The summed E-state index contributed by atoms with van der Waals surface area (Å²) in [6.07, 6.45) is 1.59. The van der Waals surface area contributed by atoms with Crippen LogP contribution in [0.25, 0.3) is 0 Å². The van der Waals surface area contributed by atoms with Crippen molar-refractivity contribution in [1.82, 2.24) is 15.5 Å². The molecule has 3 rings (SSSR count). The third kappa shape index (κ3) is 2.58. The Kier molecular flexibility index (Phi) is 3.52. The van der Waals surface area contributed by atoms with Crippen LogP contribution in [0.2, 0.25) is 0 Å². The van der Waals surface area contributed by atoms with E-state index < -0.39 is 0 Å². The van der Waals surface area contributed by atoms with E-state index in [-0.39, 0.29) is 11.9 Å². The fourth-order valence-corrected chi connectivity index (χ4v) is 2.46. The van der Waals surface area contributed by atoms with Crippen molar-refractivity contribution in [2.45, 2.75) is 32.4 Å². The lowest BCUT2D eigenvalue weighted by atomic mass is 9.95. The molecule has 0 radical (unpaired) electrons. The van der Waals surface area contributed by atoms with Gasteiger partial charge in [0.15, 0.2) is 5.82 Å². The van der Waals surface area contributed by atoms with Crippen molar-refractivity contribution in [3.8, 4) is 0 Å². The molecule has 104 valence electrons. The zero-order chi connectivity index (χ0) is 13.9. The van der Waals surface area contributed by atoms with Gasteiger partial charge in [0.25, 0.3) is 0 Å². The second-order valence-electron chi connectivity index (χ2n) is 5.03. The molecule has 1 aliphatic rings. The molecule has 1 unspecified atom stereocenters. The summed E-state index contributed by atoms with van der Waals surface area (Å²) in [5.74, 6) is 0.557.